The summed E-state index contributed by atoms with van der Waals surface area (Å²) in [5.74, 6) is 0.764. The number of aromatic nitrogens is 3. The molecule has 1 unspecified atom stereocenters. The standard InChI is InChI=1S/C13H17N3O2/c1-16-13(14-9-15-16)7-12(17)11-5-3-4-10(6-11)8-18-2/h3-6,9,12,17H,7-8H2,1-2H3. The molecule has 0 radical (unpaired) electrons. The van der Waals surface area contributed by atoms with Crippen molar-refractivity contribution in [3.63, 3.8) is 0 Å². The Balaban J connectivity index is 2.11. The van der Waals surface area contributed by atoms with E-state index in [1.54, 1.807) is 11.8 Å². The molecule has 2 aromatic rings. The Hall–Kier alpha value is -1.72. The van der Waals surface area contributed by atoms with Gasteiger partial charge in [-0.05, 0) is 11.1 Å². The van der Waals surface area contributed by atoms with Gasteiger partial charge in [0.25, 0.3) is 0 Å². The molecule has 0 fully saturated rings. The van der Waals surface area contributed by atoms with E-state index in [-0.39, 0.29) is 0 Å². The zero-order valence-electron chi connectivity index (χ0n) is 10.6. The number of ether oxygens (including phenoxy) is 1. The lowest BCUT2D eigenvalue weighted by atomic mass is 10.0. The van der Waals surface area contributed by atoms with Crippen LogP contribution in [-0.2, 0) is 24.8 Å². The van der Waals surface area contributed by atoms with E-state index in [0.29, 0.717) is 13.0 Å². The van der Waals surface area contributed by atoms with Crippen LogP contribution in [0.15, 0.2) is 30.6 Å². The Labute approximate surface area is 106 Å². The summed E-state index contributed by atoms with van der Waals surface area (Å²) in [5, 5.41) is 14.2. The zero-order chi connectivity index (χ0) is 13.0. The van der Waals surface area contributed by atoms with Crippen LogP contribution >= 0.6 is 0 Å². The van der Waals surface area contributed by atoms with E-state index in [1.165, 1.54) is 6.33 Å². The molecule has 96 valence electrons. The summed E-state index contributed by atoms with van der Waals surface area (Å²) in [6.45, 7) is 0.546. The fourth-order valence-corrected chi connectivity index (χ4v) is 1.85. The molecule has 1 atom stereocenters. The third-order valence-electron chi connectivity index (χ3n) is 2.83. The van der Waals surface area contributed by atoms with Crippen molar-refractivity contribution in [2.45, 2.75) is 19.1 Å². The molecule has 0 spiro atoms. The first-order valence-electron chi connectivity index (χ1n) is 5.79. The van der Waals surface area contributed by atoms with E-state index in [2.05, 4.69) is 10.1 Å². The number of hydrogen-bond donors (Lipinski definition) is 1. The van der Waals surface area contributed by atoms with Crippen LogP contribution in [-0.4, -0.2) is 27.0 Å². The normalized spacial score (nSPS) is 12.6. The van der Waals surface area contributed by atoms with E-state index in [1.807, 2.05) is 31.3 Å². The number of benzene rings is 1. The molecule has 0 aliphatic heterocycles. The van der Waals surface area contributed by atoms with Gasteiger partial charge in [-0.2, -0.15) is 5.10 Å². The smallest absolute Gasteiger partial charge is 0.138 e. The maximum atomic E-state index is 10.2. The minimum Gasteiger partial charge on any atom is -0.388 e. The summed E-state index contributed by atoms with van der Waals surface area (Å²) in [6.07, 6.45) is 1.36. The van der Waals surface area contributed by atoms with Gasteiger partial charge in [0.1, 0.15) is 12.2 Å². The van der Waals surface area contributed by atoms with Crippen molar-refractivity contribution in [2.24, 2.45) is 7.05 Å². The number of hydrogen-bond acceptors (Lipinski definition) is 4. The second-order valence-electron chi connectivity index (χ2n) is 4.20. The number of rotatable bonds is 5. The predicted octanol–water partition coefficient (Wildman–Crippen LogP) is 1.24. The van der Waals surface area contributed by atoms with E-state index >= 15 is 0 Å². The summed E-state index contributed by atoms with van der Waals surface area (Å²) in [4.78, 5) is 4.11. The fourth-order valence-electron chi connectivity index (χ4n) is 1.85. The molecule has 0 amide bonds. The number of aryl methyl sites for hydroxylation is 1. The predicted molar refractivity (Wildman–Crippen MR) is 66.8 cm³/mol. The van der Waals surface area contributed by atoms with Crippen molar-refractivity contribution in [1.29, 1.82) is 0 Å². The molecule has 1 aromatic heterocycles. The molecule has 5 nitrogen and oxygen atoms in total. The van der Waals surface area contributed by atoms with E-state index in [0.717, 1.165) is 17.0 Å². The van der Waals surface area contributed by atoms with Gasteiger partial charge in [0.2, 0.25) is 0 Å². The van der Waals surface area contributed by atoms with Crippen molar-refractivity contribution in [3.05, 3.63) is 47.5 Å². The number of methoxy groups -OCH3 is 1. The van der Waals surface area contributed by atoms with Gasteiger partial charge >= 0.3 is 0 Å². The molecular weight excluding hydrogens is 230 g/mol. The van der Waals surface area contributed by atoms with E-state index in [4.69, 9.17) is 4.74 Å². The van der Waals surface area contributed by atoms with Crippen LogP contribution in [0.4, 0.5) is 0 Å². The minimum atomic E-state index is -0.579. The van der Waals surface area contributed by atoms with Crippen LogP contribution in [0.3, 0.4) is 0 Å². The second kappa shape index (κ2) is 5.75. The van der Waals surface area contributed by atoms with Crippen molar-refractivity contribution >= 4 is 0 Å². The van der Waals surface area contributed by atoms with Crippen LogP contribution in [0.1, 0.15) is 23.1 Å². The first-order valence-corrected chi connectivity index (χ1v) is 5.79. The van der Waals surface area contributed by atoms with Crippen LogP contribution in [0.5, 0.6) is 0 Å². The van der Waals surface area contributed by atoms with Crippen LogP contribution in [0.2, 0.25) is 0 Å². The van der Waals surface area contributed by atoms with E-state index in [9.17, 15) is 5.11 Å². The second-order valence-corrected chi connectivity index (χ2v) is 4.20. The Morgan fingerprint density at radius 2 is 2.28 bits per heavy atom. The topological polar surface area (TPSA) is 60.2 Å². The Morgan fingerprint density at radius 1 is 1.44 bits per heavy atom. The van der Waals surface area contributed by atoms with Crippen molar-refractivity contribution in [3.8, 4) is 0 Å². The lowest BCUT2D eigenvalue weighted by Crippen LogP contribution is -2.08. The maximum absolute atomic E-state index is 10.2. The summed E-state index contributed by atoms with van der Waals surface area (Å²) < 4.78 is 6.75. The van der Waals surface area contributed by atoms with Gasteiger partial charge in [-0.15, -0.1) is 0 Å². The Morgan fingerprint density at radius 3 is 2.94 bits per heavy atom. The molecule has 1 heterocycles. The highest BCUT2D eigenvalue weighted by Gasteiger charge is 2.12. The number of aliphatic hydroxyl groups is 1. The summed E-state index contributed by atoms with van der Waals surface area (Å²) in [6, 6.07) is 7.75. The van der Waals surface area contributed by atoms with Crippen LogP contribution in [0, 0.1) is 0 Å². The quantitative estimate of drug-likeness (QED) is 0.863. The van der Waals surface area contributed by atoms with Crippen LogP contribution in [0.25, 0.3) is 0 Å². The van der Waals surface area contributed by atoms with Gasteiger partial charge in [-0.25, -0.2) is 4.98 Å². The van der Waals surface area contributed by atoms with Crippen molar-refractivity contribution in [2.75, 3.05) is 7.11 Å². The molecule has 0 saturated heterocycles. The highest BCUT2D eigenvalue weighted by molar-refractivity contribution is 5.25. The highest BCUT2D eigenvalue weighted by Crippen LogP contribution is 2.18. The number of aliphatic hydroxyl groups excluding tert-OH is 1. The first kappa shape index (κ1) is 12.7. The SMILES string of the molecule is COCc1cccc(C(O)Cc2ncnn2C)c1. The molecule has 5 heteroatoms. The first-order chi connectivity index (χ1) is 8.70. The van der Waals surface area contributed by atoms with Gasteiger partial charge < -0.3 is 9.84 Å². The van der Waals surface area contributed by atoms with Crippen molar-refractivity contribution in [1.82, 2.24) is 14.8 Å². The molecule has 0 saturated carbocycles. The van der Waals surface area contributed by atoms with Gasteiger partial charge in [0.15, 0.2) is 0 Å². The monoisotopic (exact) mass is 247 g/mol. The van der Waals surface area contributed by atoms with Crippen LogP contribution < -0.4 is 0 Å². The average Bonchev–Trinajstić information content (AvgIpc) is 2.76. The maximum Gasteiger partial charge on any atom is 0.138 e. The third kappa shape index (κ3) is 2.94. The summed E-state index contributed by atoms with van der Waals surface area (Å²) >= 11 is 0. The highest BCUT2D eigenvalue weighted by atomic mass is 16.5. The molecule has 1 N–H and O–H groups in total. The van der Waals surface area contributed by atoms with E-state index < -0.39 is 6.10 Å². The molecule has 2 rings (SSSR count). The summed E-state index contributed by atoms with van der Waals surface area (Å²) in [7, 11) is 3.47. The fraction of sp³-hybridized carbons (Fsp3) is 0.385. The minimum absolute atomic E-state index is 0.451. The average molecular weight is 247 g/mol. The van der Waals surface area contributed by atoms with Gasteiger partial charge in [0, 0.05) is 20.6 Å². The van der Waals surface area contributed by atoms with Gasteiger partial charge in [0.05, 0.1) is 12.7 Å². The molecule has 0 bridgehead atoms. The molecular formula is C13H17N3O2. The zero-order valence-corrected chi connectivity index (χ0v) is 10.6. The molecule has 1 aromatic carbocycles. The lowest BCUT2D eigenvalue weighted by Gasteiger charge is -2.11. The van der Waals surface area contributed by atoms with Gasteiger partial charge in [-0.3, -0.25) is 4.68 Å². The molecule has 0 aliphatic rings. The molecule has 18 heavy (non-hydrogen) atoms. The number of nitrogens with zero attached hydrogens (tertiary/aromatic N) is 3. The summed E-state index contributed by atoms with van der Waals surface area (Å²) in [5.41, 5.74) is 1.92. The Kier molecular flexibility index (Phi) is 4.07. The van der Waals surface area contributed by atoms with Gasteiger partial charge in [-0.1, -0.05) is 24.3 Å². The van der Waals surface area contributed by atoms with Crippen molar-refractivity contribution < 1.29 is 9.84 Å². The lowest BCUT2D eigenvalue weighted by molar-refractivity contribution is 0.172. The third-order valence-corrected chi connectivity index (χ3v) is 2.83. The molecule has 0 aliphatic carbocycles. The largest absolute Gasteiger partial charge is 0.388 e. The Bertz CT molecular complexity index is 510.